The van der Waals surface area contributed by atoms with Crippen molar-refractivity contribution >= 4 is 39.3 Å². The van der Waals surface area contributed by atoms with Gasteiger partial charge < -0.3 is 18.6 Å². The molecule has 1 atom stereocenters. The molecular weight excluding hydrogens is 527 g/mol. The van der Waals surface area contributed by atoms with E-state index in [1.807, 2.05) is 0 Å². The molecule has 39 heavy (non-hydrogen) atoms. The largest absolute Gasteiger partial charge is 0.493 e. The van der Waals surface area contributed by atoms with Crippen LogP contribution < -0.4 is 19.8 Å². The average Bonchev–Trinajstić information content (AvgIpc) is 3.46. The fourth-order valence-electron chi connectivity index (χ4n) is 4.53. The van der Waals surface area contributed by atoms with Crippen molar-refractivity contribution in [2.24, 2.45) is 0 Å². The molecule has 0 saturated heterocycles. The van der Waals surface area contributed by atoms with Crippen molar-refractivity contribution < 1.29 is 32.6 Å². The van der Waals surface area contributed by atoms with E-state index in [1.165, 1.54) is 25.2 Å². The lowest BCUT2D eigenvalue weighted by atomic mass is 9.98. The Morgan fingerprint density at radius 1 is 1.15 bits per heavy atom. The van der Waals surface area contributed by atoms with Gasteiger partial charge in [-0.15, -0.1) is 0 Å². The number of methoxy groups -OCH3 is 2. The zero-order valence-electron chi connectivity index (χ0n) is 21.7. The van der Waals surface area contributed by atoms with E-state index in [0.29, 0.717) is 29.4 Å². The Labute approximate surface area is 226 Å². The monoisotopic (exact) mass is 552 g/mol. The molecule has 1 aliphatic rings. The van der Waals surface area contributed by atoms with E-state index < -0.39 is 29.2 Å². The summed E-state index contributed by atoms with van der Waals surface area (Å²) in [7, 11) is 2.75. The standard InChI is InChI=1S/C28H25FN2O7S/c1-5-6-11-37-19-9-7-15(12-20(19)35-3)22-21-23(32)17-13-16(29)8-10-18(17)38-24(21)26(33)31(22)28-30-14(2)25(39-28)27(34)36-4/h7-10,12-13,22H,5-6,11H2,1-4H3. The van der Waals surface area contributed by atoms with E-state index in [1.54, 1.807) is 25.1 Å². The third-order valence-electron chi connectivity index (χ3n) is 6.45. The average molecular weight is 553 g/mol. The molecule has 0 aliphatic carbocycles. The normalized spacial score (nSPS) is 14.5. The van der Waals surface area contributed by atoms with Crippen LogP contribution in [0.5, 0.6) is 11.5 Å². The predicted molar refractivity (Wildman–Crippen MR) is 143 cm³/mol. The van der Waals surface area contributed by atoms with Gasteiger partial charge in [-0.1, -0.05) is 30.7 Å². The summed E-state index contributed by atoms with van der Waals surface area (Å²) in [5.74, 6) is -1.09. The molecule has 0 fully saturated rings. The van der Waals surface area contributed by atoms with Crippen LogP contribution in [0.2, 0.25) is 0 Å². The molecule has 5 rings (SSSR count). The zero-order valence-corrected chi connectivity index (χ0v) is 22.5. The van der Waals surface area contributed by atoms with Crippen molar-refractivity contribution in [2.75, 3.05) is 25.7 Å². The molecule has 1 unspecified atom stereocenters. The molecule has 1 amide bonds. The molecule has 0 spiro atoms. The minimum atomic E-state index is -0.994. The number of thiazole rings is 1. The lowest BCUT2D eigenvalue weighted by Gasteiger charge is -2.23. The molecule has 1 aliphatic heterocycles. The van der Waals surface area contributed by atoms with Gasteiger partial charge in [0.2, 0.25) is 5.76 Å². The number of hydrogen-bond acceptors (Lipinski definition) is 9. The van der Waals surface area contributed by atoms with Gasteiger partial charge in [0.15, 0.2) is 22.1 Å². The topological polar surface area (TPSA) is 108 Å². The molecule has 4 aromatic rings. The minimum absolute atomic E-state index is 0.00505. The number of unbranched alkanes of at least 4 members (excludes halogenated alkanes) is 1. The van der Waals surface area contributed by atoms with Gasteiger partial charge in [0.05, 0.1) is 43.5 Å². The van der Waals surface area contributed by atoms with Crippen LogP contribution in [0.15, 0.2) is 45.6 Å². The second-order valence-corrected chi connectivity index (χ2v) is 9.88. The summed E-state index contributed by atoms with van der Waals surface area (Å²) in [6.45, 7) is 4.18. The van der Waals surface area contributed by atoms with E-state index in [-0.39, 0.29) is 32.3 Å². The minimum Gasteiger partial charge on any atom is -0.493 e. The van der Waals surface area contributed by atoms with Crippen molar-refractivity contribution in [2.45, 2.75) is 32.7 Å². The third-order valence-corrected chi connectivity index (χ3v) is 7.59. The highest BCUT2D eigenvalue weighted by atomic mass is 32.1. The number of carbonyl (C=O) groups is 2. The van der Waals surface area contributed by atoms with E-state index in [4.69, 9.17) is 18.6 Å². The maximum absolute atomic E-state index is 14.1. The van der Waals surface area contributed by atoms with Crippen molar-refractivity contribution in [3.8, 4) is 11.5 Å². The van der Waals surface area contributed by atoms with Crippen LogP contribution in [0.25, 0.3) is 11.0 Å². The smallest absolute Gasteiger partial charge is 0.350 e. The van der Waals surface area contributed by atoms with Crippen LogP contribution in [0.1, 0.15) is 62.9 Å². The van der Waals surface area contributed by atoms with Crippen LogP contribution in [0.3, 0.4) is 0 Å². The highest BCUT2D eigenvalue weighted by Crippen LogP contribution is 2.45. The lowest BCUT2D eigenvalue weighted by Crippen LogP contribution is -2.29. The fraction of sp³-hybridized carbons (Fsp3) is 0.286. The van der Waals surface area contributed by atoms with Crippen molar-refractivity contribution in [3.63, 3.8) is 0 Å². The Morgan fingerprint density at radius 3 is 2.67 bits per heavy atom. The van der Waals surface area contributed by atoms with Crippen molar-refractivity contribution in [3.05, 3.63) is 79.9 Å². The second kappa shape index (κ2) is 10.5. The van der Waals surface area contributed by atoms with Crippen molar-refractivity contribution in [1.29, 1.82) is 0 Å². The number of fused-ring (bicyclic) bond motifs is 2. The Hall–Kier alpha value is -4.25. The highest BCUT2D eigenvalue weighted by molar-refractivity contribution is 7.17. The molecular formula is C28H25FN2O7S. The zero-order chi connectivity index (χ0) is 27.8. The number of rotatable bonds is 8. The third kappa shape index (κ3) is 4.52. The number of anilines is 1. The predicted octanol–water partition coefficient (Wildman–Crippen LogP) is 5.42. The van der Waals surface area contributed by atoms with E-state index in [2.05, 4.69) is 11.9 Å². The SMILES string of the molecule is CCCCOc1ccc(C2c3c(oc4ccc(F)cc4c3=O)C(=O)N2c2nc(C)c(C(=O)OC)s2)cc1OC. The van der Waals surface area contributed by atoms with Gasteiger partial charge in [-0.2, -0.15) is 0 Å². The first-order valence-electron chi connectivity index (χ1n) is 12.2. The van der Waals surface area contributed by atoms with Gasteiger partial charge in [0.1, 0.15) is 16.3 Å². The number of halogens is 1. The number of ether oxygens (including phenoxy) is 3. The summed E-state index contributed by atoms with van der Waals surface area (Å²) in [6.07, 6.45) is 1.82. The molecule has 9 nitrogen and oxygen atoms in total. The van der Waals surface area contributed by atoms with E-state index >= 15 is 0 Å². The molecule has 0 radical (unpaired) electrons. The maximum Gasteiger partial charge on any atom is 0.350 e. The molecule has 0 bridgehead atoms. The lowest BCUT2D eigenvalue weighted by molar-refractivity contribution is 0.0605. The van der Waals surface area contributed by atoms with Crippen LogP contribution in [0.4, 0.5) is 9.52 Å². The van der Waals surface area contributed by atoms with Gasteiger partial charge in [-0.3, -0.25) is 14.5 Å². The molecule has 11 heteroatoms. The summed E-state index contributed by atoms with van der Waals surface area (Å²) >= 11 is 0.961. The summed E-state index contributed by atoms with van der Waals surface area (Å²) in [6, 6.07) is 7.66. The number of nitrogens with zero attached hydrogens (tertiary/aromatic N) is 2. The first kappa shape index (κ1) is 26.4. The first-order valence-corrected chi connectivity index (χ1v) is 13.1. The number of hydrogen-bond donors (Lipinski definition) is 0. The number of aromatic nitrogens is 1. The van der Waals surface area contributed by atoms with Crippen LogP contribution >= 0.6 is 11.3 Å². The Morgan fingerprint density at radius 2 is 1.95 bits per heavy atom. The summed E-state index contributed by atoms with van der Waals surface area (Å²) in [5.41, 5.74) is 0.449. The summed E-state index contributed by atoms with van der Waals surface area (Å²) < 4.78 is 36.2. The summed E-state index contributed by atoms with van der Waals surface area (Å²) in [5, 5.41) is 0.177. The van der Waals surface area contributed by atoms with Gasteiger partial charge in [-0.25, -0.2) is 14.2 Å². The molecule has 3 heterocycles. The maximum atomic E-state index is 14.1. The number of carbonyl (C=O) groups excluding carboxylic acids is 2. The van der Waals surface area contributed by atoms with Crippen LogP contribution in [0, 0.1) is 12.7 Å². The number of benzene rings is 2. The number of aryl methyl sites for hydroxylation is 1. The van der Waals surface area contributed by atoms with Gasteiger partial charge in [0.25, 0.3) is 5.91 Å². The Bertz CT molecular complexity index is 1660. The number of esters is 1. The Kier molecular flexibility index (Phi) is 7.09. The highest BCUT2D eigenvalue weighted by Gasteiger charge is 2.45. The number of amides is 1. The van der Waals surface area contributed by atoms with E-state index in [9.17, 15) is 18.8 Å². The molecule has 202 valence electrons. The Balaban J connectivity index is 1.72. The van der Waals surface area contributed by atoms with Gasteiger partial charge in [0, 0.05) is 0 Å². The second-order valence-electron chi connectivity index (χ2n) is 8.91. The van der Waals surface area contributed by atoms with Gasteiger partial charge >= 0.3 is 5.97 Å². The molecule has 0 N–H and O–H groups in total. The molecule has 2 aromatic heterocycles. The molecule has 0 saturated carbocycles. The summed E-state index contributed by atoms with van der Waals surface area (Å²) in [4.78, 5) is 45.8. The quantitative estimate of drug-likeness (QED) is 0.211. The first-order chi connectivity index (χ1) is 18.8. The fourth-order valence-corrected chi connectivity index (χ4v) is 5.54. The van der Waals surface area contributed by atoms with Crippen LogP contribution in [-0.2, 0) is 4.74 Å². The molecule has 2 aromatic carbocycles. The van der Waals surface area contributed by atoms with E-state index in [0.717, 1.165) is 36.3 Å². The van der Waals surface area contributed by atoms with Crippen molar-refractivity contribution in [1.82, 2.24) is 4.98 Å². The van der Waals surface area contributed by atoms with Gasteiger partial charge in [-0.05, 0) is 49.2 Å². The van der Waals surface area contributed by atoms with Crippen LogP contribution in [-0.4, -0.2) is 37.7 Å².